The number of fused-ring (bicyclic) bond motifs is 1. The number of pyridine rings is 1. The number of ether oxygens (including phenoxy) is 1. The smallest absolute Gasteiger partial charge is 0.155 e. The van der Waals surface area contributed by atoms with Crippen LogP contribution < -0.4 is 20.3 Å². The third kappa shape index (κ3) is 5.39. The van der Waals surface area contributed by atoms with Crippen LogP contribution in [0.15, 0.2) is 54.7 Å². The first-order valence-corrected chi connectivity index (χ1v) is 13.1. The van der Waals surface area contributed by atoms with E-state index in [1.165, 1.54) is 27.8 Å². The van der Waals surface area contributed by atoms with Gasteiger partial charge in [0, 0.05) is 44.5 Å². The number of aryl methyl sites for hydroxylation is 1. The fraction of sp³-hybridized carbons (Fsp3) is 0.400. The largest absolute Gasteiger partial charge is 0.493 e. The van der Waals surface area contributed by atoms with Crippen molar-refractivity contribution >= 4 is 17.3 Å². The van der Waals surface area contributed by atoms with Gasteiger partial charge in [0.25, 0.3) is 0 Å². The quantitative estimate of drug-likeness (QED) is 0.442. The van der Waals surface area contributed by atoms with Crippen LogP contribution in [0.4, 0.5) is 11.5 Å². The van der Waals surface area contributed by atoms with Gasteiger partial charge >= 0.3 is 0 Å². The lowest BCUT2D eigenvalue weighted by Gasteiger charge is -2.29. The van der Waals surface area contributed by atoms with Crippen molar-refractivity contribution in [3.05, 3.63) is 71.4 Å². The third-order valence-corrected chi connectivity index (χ3v) is 7.45. The van der Waals surface area contributed by atoms with Gasteiger partial charge in [-0.2, -0.15) is 0 Å². The number of carbonyl (C=O) groups excluding carboxylic acids is 1. The number of Topliss-reactive ketones (excluding diaryl/α,β-unsaturated/α-hetero) is 1. The zero-order valence-corrected chi connectivity index (χ0v) is 21.3. The second-order valence-corrected chi connectivity index (χ2v) is 9.82. The predicted octanol–water partition coefficient (Wildman–Crippen LogP) is 4.93. The van der Waals surface area contributed by atoms with Crippen LogP contribution in [0.1, 0.15) is 36.0 Å². The van der Waals surface area contributed by atoms with Crippen LogP contribution >= 0.6 is 0 Å². The van der Waals surface area contributed by atoms with E-state index in [4.69, 9.17) is 4.74 Å². The first kappa shape index (κ1) is 24.3. The van der Waals surface area contributed by atoms with Crippen molar-refractivity contribution in [2.45, 2.75) is 45.6 Å². The van der Waals surface area contributed by atoms with Gasteiger partial charge in [0.1, 0.15) is 11.6 Å². The lowest BCUT2D eigenvalue weighted by atomic mass is 9.89. The van der Waals surface area contributed by atoms with E-state index in [2.05, 4.69) is 70.8 Å². The van der Waals surface area contributed by atoms with Gasteiger partial charge in [-0.1, -0.05) is 24.3 Å². The summed E-state index contributed by atoms with van der Waals surface area (Å²) >= 11 is 0. The molecule has 6 nitrogen and oxygen atoms in total. The molecule has 1 atom stereocenters. The lowest BCUT2D eigenvalue weighted by Crippen LogP contribution is -2.43. The second-order valence-electron chi connectivity index (χ2n) is 9.82. The van der Waals surface area contributed by atoms with Crippen molar-refractivity contribution in [1.29, 1.82) is 0 Å². The van der Waals surface area contributed by atoms with Crippen LogP contribution in [-0.2, 0) is 11.2 Å². The maximum Gasteiger partial charge on any atom is 0.155 e. The number of nitrogens with zero attached hydrogens (tertiary/aromatic N) is 2. The molecule has 1 fully saturated rings. The molecule has 0 saturated carbocycles. The minimum Gasteiger partial charge on any atom is -0.493 e. The van der Waals surface area contributed by atoms with E-state index >= 15 is 0 Å². The van der Waals surface area contributed by atoms with E-state index in [1.54, 1.807) is 0 Å². The fourth-order valence-corrected chi connectivity index (χ4v) is 5.19. The number of benzene rings is 2. The van der Waals surface area contributed by atoms with Gasteiger partial charge in [0.15, 0.2) is 5.78 Å². The van der Waals surface area contributed by atoms with Crippen molar-refractivity contribution < 1.29 is 9.53 Å². The molecule has 2 N–H and O–H groups in total. The molecule has 0 aliphatic carbocycles. The van der Waals surface area contributed by atoms with Crippen LogP contribution in [0.3, 0.4) is 0 Å². The molecule has 0 amide bonds. The summed E-state index contributed by atoms with van der Waals surface area (Å²) in [6.07, 6.45) is 4.86. The van der Waals surface area contributed by atoms with Gasteiger partial charge in [-0.3, -0.25) is 4.79 Å². The number of aromatic nitrogens is 1. The number of carbonyl (C=O) groups is 1. The molecule has 3 aromatic rings. The highest BCUT2D eigenvalue weighted by Gasteiger charge is 2.25. The van der Waals surface area contributed by atoms with Gasteiger partial charge in [-0.25, -0.2) is 4.98 Å². The number of hydrogen-bond donors (Lipinski definition) is 2. The minimum absolute atomic E-state index is 0.137. The van der Waals surface area contributed by atoms with Crippen LogP contribution in [-0.4, -0.2) is 49.6 Å². The van der Waals surface area contributed by atoms with Crippen LogP contribution in [0, 0.1) is 13.8 Å². The Morgan fingerprint density at radius 1 is 1.11 bits per heavy atom. The maximum atomic E-state index is 13.0. The van der Waals surface area contributed by atoms with Gasteiger partial charge in [-0.15, -0.1) is 0 Å². The molecule has 188 valence electrons. The van der Waals surface area contributed by atoms with E-state index < -0.39 is 0 Å². The Bertz CT molecular complexity index is 1220. The van der Waals surface area contributed by atoms with Gasteiger partial charge < -0.3 is 20.3 Å². The summed E-state index contributed by atoms with van der Waals surface area (Å²) in [6.45, 7) is 8.65. The third-order valence-electron chi connectivity index (χ3n) is 7.45. The van der Waals surface area contributed by atoms with Crippen molar-refractivity contribution in [2.75, 3.05) is 43.0 Å². The predicted molar refractivity (Wildman–Crippen MR) is 146 cm³/mol. The molecule has 2 aromatic carbocycles. The van der Waals surface area contributed by atoms with Crippen LogP contribution in [0.5, 0.6) is 5.75 Å². The standard InChI is InChI=1S/C30H36N4O2/c1-21-6-3-10-29(22(21)2)36-19-5-9-28(35)27-12-11-25-24(7-4-8-26(25)33-27)23-13-14-32-30(20-23)34-17-15-31-16-18-34/h3-4,6-8,10,13-14,20,27,31,33H,5,9,11-12,15-19H2,1-2H3. The van der Waals surface area contributed by atoms with Crippen molar-refractivity contribution in [3.63, 3.8) is 0 Å². The SMILES string of the molecule is Cc1cccc(OCCCC(=O)C2CCc3c(cccc3-c3ccnc(N4CCNCC4)c3)N2)c1C. The first-order chi connectivity index (χ1) is 17.6. The summed E-state index contributed by atoms with van der Waals surface area (Å²) in [5.74, 6) is 2.21. The number of rotatable bonds is 8. The van der Waals surface area contributed by atoms with Crippen LogP contribution in [0.25, 0.3) is 11.1 Å². The lowest BCUT2D eigenvalue weighted by molar-refractivity contribution is -0.120. The number of nitrogens with one attached hydrogen (secondary N) is 2. The first-order valence-electron chi connectivity index (χ1n) is 13.1. The van der Waals surface area contributed by atoms with E-state index in [1.807, 2.05) is 18.3 Å². The van der Waals surface area contributed by atoms with Gasteiger partial charge in [-0.05, 0) is 85.2 Å². The summed E-state index contributed by atoms with van der Waals surface area (Å²) in [6, 6.07) is 16.6. The summed E-state index contributed by atoms with van der Waals surface area (Å²) in [5.41, 5.74) is 7.16. The Labute approximate surface area is 214 Å². The highest BCUT2D eigenvalue weighted by atomic mass is 16.5. The normalized spacial score (nSPS) is 17.3. The number of anilines is 2. The molecule has 2 aliphatic heterocycles. The molecular weight excluding hydrogens is 448 g/mol. The summed E-state index contributed by atoms with van der Waals surface area (Å²) in [4.78, 5) is 19.9. The Morgan fingerprint density at radius 3 is 2.81 bits per heavy atom. The number of piperazine rings is 1. The Kier molecular flexibility index (Phi) is 7.52. The van der Waals surface area contributed by atoms with Crippen molar-refractivity contribution in [3.8, 4) is 16.9 Å². The molecular formula is C30H36N4O2. The van der Waals surface area contributed by atoms with Gasteiger partial charge in [0.2, 0.25) is 0 Å². The number of ketones is 1. The molecule has 5 rings (SSSR count). The van der Waals surface area contributed by atoms with Crippen LogP contribution in [0.2, 0.25) is 0 Å². The Morgan fingerprint density at radius 2 is 1.94 bits per heavy atom. The monoisotopic (exact) mass is 484 g/mol. The molecule has 0 bridgehead atoms. The fourth-order valence-electron chi connectivity index (χ4n) is 5.19. The van der Waals surface area contributed by atoms with Crippen molar-refractivity contribution in [1.82, 2.24) is 10.3 Å². The average molecular weight is 485 g/mol. The van der Waals surface area contributed by atoms with Crippen molar-refractivity contribution in [2.24, 2.45) is 0 Å². The summed E-state index contributed by atoms with van der Waals surface area (Å²) in [7, 11) is 0. The summed E-state index contributed by atoms with van der Waals surface area (Å²) < 4.78 is 5.95. The maximum absolute atomic E-state index is 13.0. The minimum atomic E-state index is -0.137. The molecule has 1 saturated heterocycles. The molecule has 0 radical (unpaired) electrons. The summed E-state index contributed by atoms with van der Waals surface area (Å²) in [5, 5.41) is 6.94. The molecule has 2 aliphatic rings. The highest BCUT2D eigenvalue weighted by molar-refractivity contribution is 5.88. The Balaban J connectivity index is 1.20. The molecule has 3 heterocycles. The zero-order valence-electron chi connectivity index (χ0n) is 21.3. The zero-order chi connectivity index (χ0) is 24.9. The average Bonchev–Trinajstić information content (AvgIpc) is 2.93. The molecule has 36 heavy (non-hydrogen) atoms. The molecule has 1 unspecified atom stereocenters. The van der Waals surface area contributed by atoms with E-state index in [-0.39, 0.29) is 11.8 Å². The molecule has 0 spiro atoms. The molecule has 6 heteroatoms. The second kappa shape index (κ2) is 11.1. The van der Waals surface area contributed by atoms with E-state index in [0.717, 1.165) is 62.7 Å². The van der Waals surface area contributed by atoms with E-state index in [0.29, 0.717) is 13.0 Å². The highest BCUT2D eigenvalue weighted by Crippen LogP contribution is 2.35. The topological polar surface area (TPSA) is 66.5 Å². The number of hydrogen-bond acceptors (Lipinski definition) is 6. The molecule has 1 aromatic heterocycles. The van der Waals surface area contributed by atoms with E-state index in [9.17, 15) is 4.79 Å². The van der Waals surface area contributed by atoms with Gasteiger partial charge in [0.05, 0.1) is 12.6 Å². The Hall–Kier alpha value is -3.38.